The fourth-order valence-corrected chi connectivity index (χ4v) is 2.34. The van der Waals surface area contributed by atoms with Crippen molar-refractivity contribution >= 4 is 0 Å². The Hall–Kier alpha value is -3.08. The van der Waals surface area contributed by atoms with E-state index in [-0.39, 0.29) is 4.73 Å². The lowest BCUT2D eigenvalue weighted by Gasteiger charge is -2.06. The Labute approximate surface area is 126 Å². The van der Waals surface area contributed by atoms with Gasteiger partial charge in [-0.3, -0.25) is 4.79 Å². The smallest absolute Gasteiger partial charge is 0.362 e. The van der Waals surface area contributed by atoms with E-state index in [0.29, 0.717) is 12.1 Å². The molecule has 0 saturated heterocycles. The van der Waals surface area contributed by atoms with Crippen molar-refractivity contribution in [2.45, 2.75) is 6.42 Å². The summed E-state index contributed by atoms with van der Waals surface area (Å²) in [6, 6.07) is 19.0. The molecule has 110 valence electrons. The highest BCUT2D eigenvalue weighted by Gasteiger charge is 2.05. The van der Waals surface area contributed by atoms with Crippen LogP contribution < -0.4 is 11.2 Å². The summed E-state index contributed by atoms with van der Waals surface area (Å²) in [5.41, 5.74) is 2.02. The normalized spacial score (nSPS) is 10.5. The van der Waals surface area contributed by atoms with Crippen LogP contribution in [0, 0.1) is 0 Å². The van der Waals surface area contributed by atoms with Gasteiger partial charge in [0.1, 0.15) is 0 Å². The number of hydrogen-bond acceptors (Lipinski definition) is 3. The Morgan fingerprint density at radius 2 is 1.64 bits per heavy atom. The maximum atomic E-state index is 11.4. The molecular formula is C17H14N2O3. The minimum absolute atomic E-state index is 0.0594. The zero-order valence-electron chi connectivity index (χ0n) is 11.7. The van der Waals surface area contributed by atoms with Gasteiger partial charge in [0.25, 0.3) is 5.56 Å². The van der Waals surface area contributed by atoms with Gasteiger partial charge in [0.05, 0.1) is 0 Å². The molecule has 5 nitrogen and oxygen atoms in total. The largest absolute Gasteiger partial charge is 0.421 e. The van der Waals surface area contributed by atoms with Gasteiger partial charge >= 0.3 is 5.69 Å². The molecule has 0 unspecified atom stereocenters. The highest BCUT2D eigenvalue weighted by Crippen LogP contribution is 2.20. The molecule has 0 bridgehead atoms. The van der Waals surface area contributed by atoms with E-state index in [1.807, 2.05) is 54.6 Å². The second-order valence-electron chi connectivity index (χ2n) is 4.99. The second-order valence-corrected chi connectivity index (χ2v) is 4.99. The fraction of sp³-hybridized carbons (Fsp3) is 0.0588. The summed E-state index contributed by atoms with van der Waals surface area (Å²) in [4.78, 5) is 25.3. The zero-order chi connectivity index (χ0) is 15.5. The molecule has 5 heteroatoms. The Balaban J connectivity index is 1.94. The Bertz CT molecular complexity index is 880. The van der Waals surface area contributed by atoms with Crippen LogP contribution in [-0.2, 0) is 6.42 Å². The van der Waals surface area contributed by atoms with Gasteiger partial charge in [-0.05, 0) is 16.7 Å². The van der Waals surface area contributed by atoms with Crippen molar-refractivity contribution in [2.24, 2.45) is 0 Å². The van der Waals surface area contributed by atoms with Crippen LogP contribution in [0.3, 0.4) is 0 Å². The summed E-state index contributed by atoms with van der Waals surface area (Å²) in [6.07, 6.45) is 0.409. The predicted octanol–water partition coefficient (Wildman–Crippen LogP) is 2.03. The van der Waals surface area contributed by atoms with Crippen molar-refractivity contribution in [1.82, 2.24) is 9.71 Å². The molecule has 0 saturated carbocycles. The number of H-pyrrole nitrogens is 1. The van der Waals surface area contributed by atoms with E-state index in [9.17, 15) is 9.59 Å². The van der Waals surface area contributed by atoms with E-state index in [1.54, 1.807) is 0 Å². The first-order chi connectivity index (χ1) is 10.6. The number of hydrogen-bond donors (Lipinski definition) is 2. The zero-order valence-corrected chi connectivity index (χ0v) is 11.7. The molecule has 0 amide bonds. The number of rotatable bonds is 3. The first kappa shape index (κ1) is 13.9. The number of nitrogens with zero attached hydrogens (tertiary/aromatic N) is 1. The summed E-state index contributed by atoms with van der Waals surface area (Å²) in [5, 5.41) is 9.15. The number of aromatic amines is 1. The van der Waals surface area contributed by atoms with E-state index >= 15 is 0 Å². The van der Waals surface area contributed by atoms with Crippen molar-refractivity contribution in [3.63, 3.8) is 0 Å². The van der Waals surface area contributed by atoms with E-state index in [2.05, 4.69) is 4.98 Å². The molecule has 0 aliphatic carbocycles. The monoisotopic (exact) mass is 294 g/mol. The molecule has 0 atom stereocenters. The molecular weight excluding hydrogens is 280 g/mol. The third-order valence-corrected chi connectivity index (χ3v) is 3.39. The van der Waals surface area contributed by atoms with Crippen molar-refractivity contribution in [3.8, 4) is 11.1 Å². The SMILES string of the molecule is O=c1cc(Cc2cccc(-c3ccccc3)c2)[nH]c(=O)n1O. The van der Waals surface area contributed by atoms with Crippen molar-refractivity contribution in [3.05, 3.63) is 92.8 Å². The van der Waals surface area contributed by atoms with Crippen LogP contribution in [0.25, 0.3) is 11.1 Å². The third kappa shape index (κ3) is 2.83. The van der Waals surface area contributed by atoms with Crippen LogP contribution in [0.5, 0.6) is 0 Å². The number of aromatic nitrogens is 2. The van der Waals surface area contributed by atoms with Gasteiger partial charge in [-0.2, -0.15) is 0 Å². The quantitative estimate of drug-likeness (QED) is 0.726. The maximum Gasteiger partial charge on any atom is 0.362 e. The predicted molar refractivity (Wildman–Crippen MR) is 83.2 cm³/mol. The number of benzene rings is 2. The van der Waals surface area contributed by atoms with Gasteiger partial charge in [0.15, 0.2) is 0 Å². The first-order valence-corrected chi connectivity index (χ1v) is 6.82. The molecule has 3 aromatic rings. The van der Waals surface area contributed by atoms with Crippen molar-refractivity contribution in [2.75, 3.05) is 0 Å². The van der Waals surface area contributed by atoms with Crippen LogP contribution in [0.2, 0.25) is 0 Å². The van der Waals surface area contributed by atoms with Gasteiger partial charge < -0.3 is 10.2 Å². The summed E-state index contributed by atoms with van der Waals surface area (Å²) < 4.78 is 0.0594. The first-order valence-electron chi connectivity index (χ1n) is 6.82. The average Bonchev–Trinajstić information content (AvgIpc) is 2.54. The highest BCUT2D eigenvalue weighted by molar-refractivity contribution is 5.64. The minimum atomic E-state index is -0.832. The molecule has 2 N–H and O–H groups in total. The Kier molecular flexibility index (Phi) is 3.62. The molecule has 0 radical (unpaired) electrons. The van der Waals surface area contributed by atoms with Gasteiger partial charge in [-0.25, -0.2) is 4.79 Å². The van der Waals surface area contributed by atoms with Gasteiger partial charge in [-0.15, -0.1) is 0 Å². The van der Waals surface area contributed by atoms with E-state index in [4.69, 9.17) is 5.21 Å². The second kappa shape index (κ2) is 5.73. The minimum Gasteiger partial charge on any atom is -0.421 e. The lowest BCUT2D eigenvalue weighted by molar-refractivity contribution is 0.160. The summed E-state index contributed by atoms with van der Waals surface area (Å²) >= 11 is 0. The maximum absolute atomic E-state index is 11.4. The fourth-order valence-electron chi connectivity index (χ4n) is 2.34. The van der Waals surface area contributed by atoms with Crippen LogP contribution in [0.1, 0.15) is 11.3 Å². The third-order valence-electron chi connectivity index (χ3n) is 3.39. The van der Waals surface area contributed by atoms with Crippen LogP contribution in [0.4, 0.5) is 0 Å². The van der Waals surface area contributed by atoms with Crippen LogP contribution in [-0.4, -0.2) is 14.9 Å². The molecule has 1 heterocycles. The van der Waals surface area contributed by atoms with E-state index < -0.39 is 11.2 Å². The molecule has 0 spiro atoms. The Morgan fingerprint density at radius 1 is 0.909 bits per heavy atom. The topological polar surface area (TPSA) is 75.1 Å². The highest BCUT2D eigenvalue weighted by atomic mass is 16.5. The molecule has 2 aromatic carbocycles. The average molecular weight is 294 g/mol. The van der Waals surface area contributed by atoms with Gasteiger partial charge in [0, 0.05) is 18.2 Å². The molecule has 0 aliphatic rings. The van der Waals surface area contributed by atoms with Crippen molar-refractivity contribution < 1.29 is 5.21 Å². The standard InChI is InChI=1S/C17H14N2O3/c20-16-11-15(18-17(21)19(16)22)10-12-5-4-8-14(9-12)13-6-2-1-3-7-13/h1-9,11,22H,10H2,(H,18,21). The summed E-state index contributed by atoms with van der Waals surface area (Å²) in [5.74, 6) is 0. The molecule has 1 aromatic heterocycles. The van der Waals surface area contributed by atoms with E-state index in [0.717, 1.165) is 16.7 Å². The molecule has 3 rings (SSSR count). The lowest BCUT2D eigenvalue weighted by Crippen LogP contribution is -2.33. The summed E-state index contributed by atoms with van der Waals surface area (Å²) in [6.45, 7) is 0. The summed E-state index contributed by atoms with van der Waals surface area (Å²) in [7, 11) is 0. The molecule has 0 aliphatic heterocycles. The van der Waals surface area contributed by atoms with Crippen LogP contribution in [0.15, 0.2) is 70.3 Å². The van der Waals surface area contributed by atoms with Crippen molar-refractivity contribution in [1.29, 1.82) is 0 Å². The Morgan fingerprint density at radius 3 is 2.36 bits per heavy atom. The van der Waals surface area contributed by atoms with Crippen LogP contribution >= 0.6 is 0 Å². The molecule has 0 fully saturated rings. The van der Waals surface area contributed by atoms with Gasteiger partial charge in [-0.1, -0.05) is 59.3 Å². The number of nitrogens with one attached hydrogen (secondary N) is 1. The van der Waals surface area contributed by atoms with Gasteiger partial charge in [0.2, 0.25) is 0 Å². The van der Waals surface area contributed by atoms with E-state index in [1.165, 1.54) is 6.07 Å². The molecule has 22 heavy (non-hydrogen) atoms. The lowest BCUT2D eigenvalue weighted by atomic mass is 10.0.